The summed E-state index contributed by atoms with van der Waals surface area (Å²) < 4.78 is 4.26. The Bertz CT molecular complexity index is 80.1. The molecule has 0 aromatic rings. The van der Waals surface area contributed by atoms with Crippen LogP contribution in [0.15, 0.2) is 0 Å². The zero-order valence-corrected chi connectivity index (χ0v) is 4.50. The summed E-state index contributed by atoms with van der Waals surface area (Å²) in [4.78, 5) is 9.71. The van der Waals surface area contributed by atoms with E-state index in [0.29, 0.717) is 0 Å². The second-order valence-electron chi connectivity index (χ2n) is 1.15. The maximum absolute atomic E-state index is 9.71. The lowest BCUT2D eigenvalue weighted by molar-refractivity contribution is -0.175. The quantitative estimate of drug-likeness (QED) is 0.489. The Morgan fingerprint density at radius 3 is 2.50 bits per heavy atom. The van der Waals surface area contributed by atoms with E-state index in [1.165, 1.54) is 0 Å². The van der Waals surface area contributed by atoms with Crippen molar-refractivity contribution in [1.29, 1.82) is 0 Å². The molecule has 48 valence electrons. The summed E-state index contributed by atoms with van der Waals surface area (Å²) in [6.45, 7) is 1.81. The number of rotatable bonds is 3. The number of carboxylic acid groups (broad SMARTS) is 1. The van der Waals surface area contributed by atoms with E-state index < -0.39 is 12.3 Å². The minimum absolute atomic E-state index is 0.202. The fraction of sp³-hybridized carbons (Fsp3) is 0.750. The molecule has 2 N–H and O–H groups in total. The number of carbonyl (C=O) groups is 1. The third-order valence-electron chi connectivity index (χ3n) is 0.536. The third-order valence-corrected chi connectivity index (χ3v) is 0.536. The molecule has 0 aliphatic heterocycles. The number of ether oxygens (including phenoxy) is 1. The molecule has 0 saturated carbocycles. The summed E-state index contributed by atoms with van der Waals surface area (Å²) in [6.07, 6.45) is -1.67. The van der Waals surface area contributed by atoms with Crippen LogP contribution in [0.5, 0.6) is 0 Å². The minimum Gasteiger partial charge on any atom is -0.477 e. The topological polar surface area (TPSA) is 66.8 Å². The summed E-state index contributed by atoms with van der Waals surface area (Å²) in [6, 6.07) is 0. The zero-order valence-electron chi connectivity index (χ0n) is 4.50. The maximum atomic E-state index is 9.71. The number of aliphatic hydroxyl groups is 1. The van der Waals surface area contributed by atoms with Gasteiger partial charge in [0.25, 0.3) is 6.29 Å². The van der Waals surface area contributed by atoms with Gasteiger partial charge in [-0.05, 0) is 6.92 Å². The molecule has 4 heteroatoms. The largest absolute Gasteiger partial charge is 0.477 e. The van der Waals surface area contributed by atoms with Crippen molar-refractivity contribution in [3.8, 4) is 0 Å². The Morgan fingerprint density at radius 2 is 2.38 bits per heavy atom. The average Bonchev–Trinajstić information content (AvgIpc) is 1.67. The predicted molar refractivity (Wildman–Crippen MR) is 25.3 cm³/mol. The molecule has 8 heavy (non-hydrogen) atoms. The Labute approximate surface area is 46.7 Å². The number of carboxylic acids is 1. The fourth-order valence-electron chi connectivity index (χ4n) is 0.229. The SMILES string of the molecule is CCOC(O)C(=O)O. The van der Waals surface area contributed by atoms with Crippen LogP contribution < -0.4 is 0 Å². The molecule has 1 unspecified atom stereocenters. The highest BCUT2D eigenvalue weighted by molar-refractivity contribution is 5.70. The van der Waals surface area contributed by atoms with Crippen LogP contribution in [0.4, 0.5) is 0 Å². The van der Waals surface area contributed by atoms with Gasteiger partial charge in [0.05, 0.1) is 0 Å². The van der Waals surface area contributed by atoms with E-state index in [2.05, 4.69) is 4.74 Å². The van der Waals surface area contributed by atoms with Gasteiger partial charge in [0, 0.05) is 6.61 Å². The zero-order chi connectivity index (χ0) is 6.57. The molecule has 0 aromatic heterocycles. The first kappa shape index (κ1) is 7.39. The highest BCUT2D eigenvalue weighted by Crippen LogP contribution is 1.83. The van der Waals surface area contributed by atoms with E-state index in [4.69, 9.17) is 10.2 Å². The predicted octanol–water partition coefficient (Wildman–Crippen LogP) is -0.574. The molecule has 0 aliphatic carbocycles. The number of hydrogen-bond acceptors (Lipinski definition) is 3. The lowest BCUT2D eigenvalue weighted by atomic mass is 10.6. The van der Waals surface area contributed by atoms with E-state index >= 15 is 0 Å². The van der Waals surface area contributed by atoms with Crippen molar-refractivity contribution >= 4 is 5.97 Å². The van der Waals surface area contributed by atoms with Gasteiger partial charge in [-0.1, -0.05) is 0 Å². The van der Waals surface area contributed by atoms with Crippen LogP contribution in [0.3, 0.4) is 0 Å². The fourth-order valence-corrected chi connectivity index (χ4v) is 0.229. The minimum atomic E-state index is -1.67. The van der Waals surface area contributed by atoms with Crippen LogP contribution in [0.25, 0.3) is 0 Å². The first-order valence-electron chi connectivity index (χ1n) is 2.21. The number of aliphatic hydroxyl groups excluding tert-OH is 1. The summed E-state index contributed by atoms with van der Waals surface area (Å²) in [5.41, 5.74) is 0. The highest BCUT2D eigenvalue weighted by atomic mass is 16.6. The number of hydrogen-bond donors (Lipinski definition) is 2. The number of aliphatic carboxylic acids is 1. The highest BCUT2D eigenvalue weighted by Gasteiger charge is 2.10. The second-order valence-corrected chi connectivity index (χ2v) is 1.15. The van der Waals surface area contributed by atoms with Crippen LogP contribution in [0.1, 0.15) is 6.92 Å². The van der Waals surface area contributed by atoms with Crippen molar-refractivity contribution in [2.75, 3.05) is 6.61 Å². The van der Waals surface area contributed by atoms with Crippen molar-refractivity contribution in [2.45, 2.75) is 13.2 Å². The van der Waals surface area contributed by atoms with Gasteiger partial charge in [-0.15, -0.1) is 0 Å². The van der Waals surface area contributed by atoms with Gasteiger partial charge < -0.3 is 14.9 Å². The van der Waals surface area contributed by atoms with Gasteiger partial charge in [-0.25, -0.2) is 4.79 Å². The van der Waals surface area contributed by atoms with Crippen molar-refractivity contribution in [2.24, 2.45) is 0 Å². The Morgan fingerprint density at radius 1 is 1.88 bits per heavy atom. The van der Waals surface area contributed by atoms with Crippen molar-refractivity contribution in [1.82, 2.24) is 0 Å². The molecule has 0 saturated heterocycles. The second kappa shape index (κ2) is 3.40. The molecule has 0 amide bonds. The molecule has 0 radical (unpaired) electrons. The Hall–Kier alpha value is -0.610. The summed E-state index contributed by atoms with van der Waals surface area (Å²) in [5.74, 6) is -1.35. The Kier molecular flexibility index (Phi) is 3.14. The normalized spacial score (nSPS) is 13.2. The van der Waals surface area contributed by atoms with Gasteiger partial charge in [-0.3, -0.25) is 0 Å². The molecular formula is C4H8O4. The molecule has 0 spiro atoms. The summed E-state index contributed by atoms with van der Waals surface area (Å²) in [7, 11) is 0. The van der Waals surface area contributed by atoms with E-state index in [1.54, 1.807) is 6.92 Å². The lowest BCUT2D eigenvalue weighted by Gasteiger charge is -2.01. The molecule has 1 atom stereocenters. The van der Waals surface area contributed by atoms with Crippen LogP contribution in [0, 0.1) is 0 Å². The molecular weight excluding hydrogens is 112 g/mol. The monoisotopic (exact) mass is 120 g/mol. The van der Waals surface area contributed by atoms with Crippen molar-refractivity contribution < 1.29 is 19.7 Å². The van der Waals surface area contributed by atoms with E-state index in [0.717, 1.165) is 0 Å². The smallest absolute Gasteiger partial charge is 0.360 e. The van der Waals surface area contributed by atoms with Crippen LogP contribution in [-0.4, -0.2) is 29.1 Å². The molecule has 0 fully saturated rings. The van der Waals surface area contributed by atoms with Gasteiger partial charge in [0.1, 0.15) is 0 Å². The molecule has 4 nitrogen and oxygen atoms in total. The molecule has 0 heterocycles. The maximum Gasteiger partial charge on any atom is 0.360 e. The van der Waals surface area contributed by atoms with Gasteiger partial charge in [0.2, 0.25) is 0 Å². The average molecular weight is 120 g/mol. The molecule has 0 rings (SSSR count). The molecule has 0 aliphatic rings. The standard InChI is InChI=1S/C4H8O4/c1-2-8-4(7)3(5)6/h4,7H,2H2,1H3,(H,5,6). The van der Waals surface area contributed by atoms with Crippen LogP contribution in [-0.2, 0) is 9.53 Å². The van der Waals surface area contributed by atoms with E-state index in [1.807, 2.05) is 0 Å². The first-order valence-corrected chi connectivity index (χ1v) is 2.21. The molecule has 0 bridgehead atoms. The first-order chi connectivity index (χ1) is 3.68. The van der Waals surface area contributed by atoms with Gasteiger partial charge in [-0.2, -0.15) is 0 Å². The van der Waals surface area contributed by atoms with E-state index in [-0.39, 0.29) is 6.61 Å². The van der Waals surface area contributed by atoms with Gasteiger partial charge in [0.15, 0.2) is 0 Å². The summed E-state index contributed by atoms with van der Waals surface area (Å²) >= 11 is 0. The van der Waals surface area contributed by atoms with Crippen molar-refractivity contribution in [3.05, 3.63) is 0 Å². The van der Waals surface area contributed by atoms with Crippen LogP contribution in [0.2, 0.25) is 0 Å². The van der Waals surface area contributed by atoms with Gasteiger partial charge >= 0.3 is 5.97 Å². The Balaban J connectivity index is 3.32. The third kappa shape index (κ3) is 2.54. The van der Waals surface area contributed by atoms with Crippen molar-refractivity contribution in [3.63, 3.8) is 0 Å². The summed E-state index contributed by atoms with van der Waals surface area (Å²) in [5, 5.41) is 16.2. The van der Waals surface area contributed by atoms with E-state index in [9.17, 15) is 4.79 Å². The lowest BCUT2D eigenvalue weighted by Crippen LogP contribution is -2.22. The van der Waals surface area contributed by atoms with Crippen LogP contribution >= 0.6 is 0 Å². The molecule has 0 aromatic carbocycles.